The summed E-state index contributed by atoms with van der Waals surface area (Å²) in [5, 5.41) is 5.68. The van der Waals surface area contributed by atoms with E-state index in [0.29, 0.717) is 20.9 Å². The first-order valence-corrected chi connectivity index (χ1v) is 8.04. The molecule has 114 valence electrons. The summed E-state index contributed by atoms with van der Waals surface area (Å²) in [7, 11) is 0. The van der Waals surface area contributed by atoms with E-state index in [1.807, 2.05) is 55.5 Å². The maximum atomic E-state index is 12.5. The molecule has 23 heavy (non-hydrogen) atoms. The Hall–Kier alpha value is -2.73. The van der Waals surface area contributed by atoms with E-state index in [1.165, 1.54) is 15.9 Å². The lowest BCUT2D eigenvalue weighted by Crippen LogP contribution is -2.15. The first-order valence-electron chi connectivity index (χ1n) is 7.22. The third-order valence-corrected chi connectivity index (χ3v) is 4.59. The molecule has 0 aliphatic rings. The molecule has 0 saturated carbocycles. The Morgan fingerprint density at radius 1 is 1.09 bits per heavy atom. The van der Waals surface area contributed by atoms with E-state index >= 15 is 0 Å². The van der Waals surface area contributed by atoms with Crippen LogP contribution in [0.25, 0.3) is 15.9 Å². The van der Waals surface area contributed by atoms with Crippen LogP contribution in [-0.4, -0.2) is 14.6 Å². The van der Waals surface area contributed by atoms with Gasteiger partial charge in [-0.05, 0) is 31.2 Å². The summed E-state index contributed by atoms with van der Waals surface area (Å²) in [5.74, 6) is 0.768. The first kappa shape index (κ1) is 13.9. The molecule has 0 N–H and O–H groups in total. The van der Waals surface area contributed by atoms with Gasteiger partial charge in [-0.2, -0.15) is 9.61 Å². The standard InChI is InChI=1S/C17H13N3O2S/c1-11(22-12-7-3-2-4-8-12)15-19-20-16(21)13-9-5-6-10-14(13)18-17(20)23-15/h2-11H,1H3. The molecule has 0 amide bonds. The van der Waals surface area contributed by atoms with Gasteiger partial charge in [0.2, 0.25) is 4.96 Å². The number of rotatable bonds is 3. The van der Waals surface area contributed by atoms with Crippen molar-refractivity contribution in [3.05, 3.63) is 70.0 Å². The molecule has 2 aromatic heterocycles. The molecule has 1 unspecified atom stereocenters. The molecule has 0 saturated heterocycles. The highest BCUT2D eigenvalue weighted by Crippen LogP contribution is 2.25. The van der Waals surface area contributed by atoms with Crippen LogP contribution < -0.4 is 10.3 Å². The largest absolute Gasteiger partial charge is 0.483 e. The van der Waals surface area contributed by atoms with Crippen LogP contribution in [0.5, 0.6) is 5.75 Å². The molecule has 0 fully saturated rings. The van der Waals surface area contributed by atoms with Crippen LogP contribution in [0.1, 0.15) is 18.0 Å². The van der Waals surface area contributed by atoms with E-state index in [2.05, 4.69) is 10.1 Å². The Bertz CT molecular complexity index is 1040. The minimum Gasteiger partial charge on any atom is -0.483 e. The highest BCUT2D eigenvalue weighted by molar-refractivity contribution is 7.16. The summed E-state index contributed by atoms with van der Waals surface area (Å²) in [6.45, 7) is 1.91. The summed E-state index contributed by atoms with van der Waals surface area (Å²) in [6, 6.07) is 16.8. The van der Waals surface area contributed by atoms with Gasteiger partial charge in [0.15, 0.2) is 5.01 Å². The Labute approximate surface area is 135 Å². The molecule has 0 aliphatic carbocycles. The third kappa shape index (κ3) is 2.47. The van der Waals surface area contributed by atoms with Gasteiger partial charge in [0, 0.05) is 0 Å². The molecule has 2 aromatic carbocycles. The number of benzene rings is 2. The summed E-state index contributed by atoms with van der Waals surface area (Å²) >= 11 is 1.37. The maximum Gasteiger partial charge on any atom is 0.283 e. The number of aromatic nitrogens is 3. The molecule has 1 atom stereocenters. The minimum atomic E-state index is -0.258. The predicted molar refractivity (Wildman–Crippen MR) is 90.1 cm³/mol. The van der Waals surface area contributed by atoms with E-state index in [1.54, 1.807) is 6.07 Å². The average molecular weight is 323 g/mol. The second kappa shape index (κ2) is 5.48. The van der Waals surface area contributed by atoms with E-state index in [4.69, 9.17) is 4.74 Å². The summed E-state index contributed by atoms with van der Waals surface area (Å²) in [4.78, 5) is 17.6. The molecule has 0 bridgehead atoms. The zero-order valence-electron chi connectivity index (χ0n) is 12.3. The van der Waals surface area contributed by atoms with Gasteiger partial charge in [0.1, 0.15) is 11.9 Å². The van der Waals surface area contributed by atoms with Crippen LogP contribution in [0, 0.1) is 0 Å². The SMILES string of the molecule is CC(Oc1ccccc1)c1nn2c(=O)c3ccccc3nc2s1. The van der Waals surface area contributed by atoms with Crippen LogP contribution in [0.15, 0.2) is 59.4 Å². The van der Waals surface area contributed by atoms with Crippen molar-refractivity contribution in [3.63, 3.8) is 0 Å². The molecular formula is C17H13N3O2S. The molecule has 4 rings (SSSR count). The fourth-order valence-corrected chi connectivity index (χ4v) is 3.27. The topological polar surface area (TPSA) is 56.5 Å². The molecule has 5 nitrogen and oxygen atoms in total. The van der Waals surface area contributed by atoms with Crippen LogP contribution >= 0.6 is 11.3 Å². The van der Waals surface area contributed by atoms with Crippen molar-refractivity contribution in [2.24, 2.45) is 0 Å². The summed E-state index contributed by atoms with van der Waals surface area (Å²) < 4.78 is 7.23. The second-order valence-electron chi connectivity index (χ2n) is 5.14. The van der Waals surface area contributed by atoms with E-state index in [0.717, 1.165) is 5.75 Å². The predicted octanol–water partition coefficient (Wildman–Crippen LogP) is 3.44. The Morgan fingerprint density at radius 2 is 1.83 bits per heavy atom. The fourth-order valence-electron chi connectivity index (χ4n) is 2.39. The first-order chi connectivity index (χ1) is 11.2. The number of hydrogen-bond donors (Lipinski definition) is 0. The van der Waals surface area contributed by atoms with Gasteiger partial charge in [-0.1, -0.05) is 41.7 Å². The molecule has 0 aliphatic heterocycles. The molecule has 6 heteroatoms. The van der Waals surface area contributed by atoms with Crippen molar-refractivity contribution >= 4 is 27.2 Å². The van der Waals surface area contributed by atoms with Gasteiger partial charge in [0.25, 0.3) is 5.56 Å². The molecule has 0 spiro atoms. The average Bonchev–Trinajstić information content (AvgIpc) is 3.00. The quantitative estimate of drug-likeness (QED) is 0.579. The minimum absolute atomic E-state index is 0.153. The fraction of sp³-hybridized carbons (Fsp3) is 0.118. The molecule has 0 radical (unpaired) electrons. The van der Waals surface area contributed by atoms with Gasteiger partial charge in [0.05, 0.1) is 10.9 Å². The number of para-hydroxylation sites is 2. The monoisotopic (exact) mass is 323 g/mol. The number of nitrogens with zero attached hydrogens (tertiary/aromatic N) is 3. The van der Waals surface area contributed by atoms with Gasteiger partial charge >= 0.3 is 0 Å². The van der Waals surface area contributed by atoms with Gasteiger partial charge in [-0.3, -0.25) is 4.79 Å². The van der Waals surface area contributed by atoms with E-state index < -0.39 is 0 Å². The Kier molecular flexibility index (Phi) is 3.31. The van der Waals surface area contributed by atoms with Crippen molar-refractivity contribution in [2.75, 3.05) is 0 Å². The second-order valence-corrected chi connectivity index (χ2v) is 6.13. The van der Waals surface area contributed by atoms with Crippen LogP contribution in [0.4, 0.5) is 0 Å². The maximum absolute atomic E-state index is 12.5. The zero-order valence-corrected chi connectivity index (χ0v) is 13.2. The summed E-state index contributed by atoms with van der Waals surface area (Å²) in [5.41, 5.74) is 0.532. The lowest BCUT2D eigenvalue weighted by Gasteiger charge is -2.10. The van der Waals surface area contributed by atoms with E-state index in [-0.39, 0.29) is 11.7 Å². The summed E-state index contributed by atoms with van der Waals surface area (Å²) in [6.07, 6.45) is -0.258. The van der Waals surface area contributed by atoms with Crippen LogP contribution in [0.2, 0.25) is 0 Å². The van der Waals surface area contributed by atoms with Crippen molar-refractivity contribution in [1.82, 2.24) is 14.6 Å². The van der Waals surface area contributed by atoms with Crippen molar-refractivity contribution in [2.45, 2.75) is 13.0 Å². The number of hydrogen-bond acceptors (Lipinski definition) is 5. The van der Waals surface area contributed by atoms with Gasteiger partial charge < -0.3 is 4.74 Å². The Morgan fingerprint density at radius 3 is 2.65 bits per heavy atom. The smallest absolute Gasteiger partial charge is 0.283 e. The molecule has 4 aromatic rings. The number of ether oxygens (including phenoxy) is 1. The zero-order chi connectivity index (χ0) is 15.8. The molecular weight excluding hydrogens is 310 g/mol. The van der Waals surface area contributed by atoms with Crippen LogP contribution in [-0.2, 0) is 0 Å². The highest BCUT2D eigenvalue weighted by Gasteiger charge is 2.16. The van der Waals surface area contributed by atoms with Crippen LogP contribution in [0.3, 0.4) is 0 Å². The van der Waals surface area contributed by atoms with Crippen molar-refractivity contribution in [1.29, 1.82) is 0 Å². The lowest BCUT2D eigenvalue weighted by atomic mass is 10.2. The Balaban J connectivity index is 1.78. The highest BCUT2D eigenvalue weighted by atomic mass is 32.1. The lowest BCUT2D eigenvalue weighted by molar-refractivity contribution is 0.225. The normalized spacial score (nSPS) is 12.6. The van der Waals surface area contributed by atoms with Gasteiger partial charge in [-0.15, -0.1) is 0 Å². The molecule has 2 heterocycles. The third-order valence-electron chi connectivity index (χ3n) is 3.52. The van der Waals surface area contributed by atoms with Crippen molar-refractivity contribution < 1.29 is 4.74 Å². The van der Waals surface area contributed by atoms with Gasteiger partial charge in [-0.25, -0.2) is 4.98 Å². The van der Waals surface area contributed by atoms with Crippen molar-refractivity contribution in [3.8, 4) is 5.75 Å². The number of fused-ring (bicyclic) bond motifs is 2. The van der Waals surface area contributed by atoms with E-state index in [9.17, 15) is 4.79 Å².